The number of hydrogen-bond donors (Lipinski definition) is 1. The van der Waals surface area contributed by atoms with Gasteiger partial charge in [0.25, 0.3) is 0 Å². The summed E-state index contributed by atoms with van der Waals surface area (Å²) in [5.41, 5.74) is 1.46. The summed E-state index contributed by atoms with van der Waals surface area (Å²) in [6.07, 6.45) is 8.42. The van der Waals surface area contributed by atoms with Crippen molar-refractivity contribution in [3.63, 3.8) is 0 Å². The lowest BCUT2D eigenvalue weighted by Gasteiger charge is -2.28. The van der Waals surface area contributed by atoms with Crippen molar-refractivity contribution < 1.29 is 0 Å². The topological polar surface area (TPSA) is 12.0 Å². The van der Waals surface area contributed by atoms with Crippen LogP contribution in [0, 0.1) is 11.8 Å². The van der Waals surface area contributed by atoms with Crippen molar-refractivity contribution in [1.82, 2.24) is 5.32 Å². The van der Waals surface area contributed by atoms with E-state index in [1.54, 1.807) is 0 Å². The molecule has 1 heteroatoms. The lowest BCUT2D eigenvalue weighted by atomic mass is 9.86. The Hall–Kier alpha value is -0.820. The van der Waals surface area contributed by atoms with Gasteiger partial charge in [-0.2, -0.15) is 0 Å². The average molecular weight is 259 g/mol. The molecule has 1 aromatic carbocycles. The number of nitrogens with one attached hydrogen (secondary N) is 1. The summed E-state index contributed by atoms with van der Waals surface area (Å²) >= 11 is 0. The SMILES string of the molecule is CCCNC(c1ccccc1)C(C)CC1CCCC1. The summed E-state index contributed by atoms with van der Waals surface area (Å²) in [6.45, 7) is 5.80. The van der Waals surface area contributed by atoms with Gasteiger partial charge in [0.05, 0.1) is 0 Å². The Kier molecular flexibility index (Phi) is 5.91. The van der Waals surface area contributed by atoms with E-state index in [0.717, 1.165) is 18.4 Å². The smallest absolute Gasteiger partial charge is 0.0346 e. The minimum Gasteiger partial charge on any atom is -0.310 e. The predicted octanol–water partition coefficient (Wildman–Crippen LogP) is 4.94. The average Bonchev–Trinajstić information content (AvgIpc) is 2.93. The van der Waals surface area contributed by atoms with Crippen LogP contribution in [0.15, 0.2) is 30.3 Å². The normalized spacial score (nSPS) is 19.5. The first-order chi connectivity index (χ1) is 9.31. The van der Waals surface area contributed by atoms with Crippen LogP contribution < -0.4 is 5.32 Å². The molecule has 2 unspecified atom stereocenters. The Morgan fingerprint density at radius 1 is 1.16 bits per heavy atom. The van der Waals surface area contributed by atoms with Gasteiger partial charge in [0.15, 0.2) is 0 Å². The third-order valence-corrected chi connectivity index (χ3v) is 4.52. The van der Waals surface area contributed by atoms with E-state index in [2.05, 4.69) is 49.5 Å². The fraction of sp³-hybridized carbons (Fsp3) is 0.667. The summed E-state index contributed by atoms with van der Waals surface area (Å²) < 4.78 is 0. The molecule has 2 atom stereocenters. The Bertz CT molecular complexity index is 340. The molecular formula is C18H29N. The standard InChI is InChI=1S/C18H29N/c1-3-13-19-18(17-11-5-4-6-12-17)15(2)14-16-9-7-8-10-16/h4-6,11-12,15-16,18-19H,3,7-10,13-14H2,1-2H3. The molecule has 1 aliphatic carbocycles. The van der Waals surface area contributed by atoms with E-state index >= 15 is 0 Å². The Labute approximate surface area is 118 Å². The predicted molar refractivity (Wildman–Crippen MR) is 83.2 cm³/mol. The third kappa shape index (κ3) is 4.35. The summed E-state index contributed by atoms with van der Waals surface area (Å²) in [6, 6.07) is 11.5. The van der Waals surface area contributed by atoms with Crippen molar-refractivity contribution in [3.8, 4) is 0 Å². The van der Waals surface area contributed by atoms with Crippen molar-refractivity contribution in [1.29, 1.82) is 0 Å². The minimum absolute atomic E-state index is 0.529. The Morgan fingerprint density at radius 3 is 2.47 bits per heavy atom. The van der Waals surface area contributed by atoms with Gasteiger partial charge in [0, 0.05) is 6.04 Å². The van der Waals surface area contributed by atoms with Crippen molar-refractivity contribution >= 4 is 0 Å². The second-order valence-corrected chi connectivity index (χ2v) is 6.21. The maximum absolute atomic E-state index is 3.76. The highest BCUT2D eigenvalue weighted by molar-refractivity contribution is 5.19. The van der Waals surface area contributed by atoms with Gasteiger partial charge >= 0.3 is 0 Å². The van der Waals surface area contributed by atoms with Gasteiger partial charge in [-0.1, -0.05) is 69.9 Å². The quantitative estimate of drug-likeness (QED) is 0.731. The first-order valence-corrected chi connectivity index (χ1v) is 8.09. The second-order valence-electron chi connectivity index (χ2n) is 6.21. The molecule has 0 radical (unpaired) electrons. The van der Waals surface area contributed by atoms with E-state index in [1.807, 2.05) is 0 Å². The van der Waals surface area contributed by atoms with Crippen molar-refractivity contribution in [2.45, 2.75) is 58.4 Å². The van der Waals surface area contributed by atoms with Crippen LogP contribution in [0.1, 0.15) is 64.0 Å². The van der Waals surface area contributed by atoms with Gasteiger partial charge < -0.3 is 5.32 Å². The zero-order chi connectivity index (χ0) is 13.5. The molecule has 0 aliphatic heterocycles. The van der Waals surface area contributed by atoms with E-state index in [1.165, 1.54) is 44.1 Å². The van der Waals surface area contributed by atoms with Gasteiger partial charge in [-0.05, 0) is 36.8 Å². The summed E-state index contributed by atoms with van der Waals surface area (Å²) in [5, 5.41) is 3.76. The molecule has 0 aromatic heterocycles. The van der Waals surface area contributed by atoms with Crippen molar-refractivity contribution in [2.24, 2.45) is 11.8 Å². The molecule has 0 heterocycles. The van der Waals surface area contributed by atoms with Crippen LogP contribution >= 0.6 is 0 Å². The largest absolute Gasteiger partial charge is 0.310 e. The van der Waals surface area contributed by atoms with E-state index in [-0.39, 0.29) is 0 Å². The van der Waals surface area contributed by atoms with Crippen LogP contribution in [-0.2, 0) is 0 Å². The van der Waals surface area contributed by atoms with E-state index in [9.17, 15) is 0 Å². The zero-order valence-corrected chi connectivity index (χ0v) is 12.6. The fourth-order valence-corrected chi connectivity index (χ4v) is 3.52. The zero-order valence-electron chi connectivity index (χ0n) is 12.6. The van der Waals surface area contributed by atoms with Gasteiger partial charge in [0.2, 0.25) is 0 Å². The van der Waals surface area contributed by atoms with Gasteiger partial charge in [0.1, 0.15) is 0 Å². The molecule has 2 rings (SSSR count). The monoisotopic (exact) mass is 259 g/mol. The second kappa shape index (κ2) is 7.69. The molecule has 1 aliphatic rings. The van der Waals surface area contributed by atoms with Crippen LogP contribution in [0.5, 0.6) is 0 Å². The molecule has 19 heavy (non-hydrogen) atoms. The van der Waals surface area contributed by atoms with Crippen LogP contribution in [-0.4, -0.2) is 6.54 Å². The first-order valence-electron chi connectivity index (χ1n) is 8.09. The van der Waals surface area contributed by atoms with Gasteiger partial charge in [-0.3, -0.25) is 0 Å². The molecule has 0 amide bonds. The highest BCUT2D eigenvalue weighted by Crippen LogP contribution is 2.34. The lowest BCUT2D eigenvalue weighted by molar-refractivity contribution is 0.311. The first kappa shape index (κ1) is 14.6. The lowest BCUT2D eigenvalue weighted by Crippen LogP contribution is -2.28. The molecule has 106 valence electrons. The molecular weight excluding hydrogens is 230 g/mol. The molecule has 1 N–H and O–H groups in total. The van der Waals surface area contributed by atoms with Gasteiger partial charge in [-0.25, -0.2) is 0 Å². The van der Waals surface area contributed by atoms with Crippen molar-refractivity contribution in [3.05, 3.63) is 35.9 Å². The number of benzene rings is 1. The maximum atomic E-state index is 3.76. The molecule has 1 saturated carbocycles. The molecule has 0 saturated heterocycles. The molecule has 1 aromatic rings. The number of rotatable bonds is 7. The third-order valence-electron chi connectivity index (χ3n) is 4.52. The molecule has 1 fully saturated rings. The van der Waals surface area contributed by atoms with E-state index < -0.39 is 0 Å². The summed E-state index contributed by atoms with van der Waals surface area (Å²) in [5.74, 6) is 1.71. The van der Waals surface area contributed by atoms with Crippen LogP contribution in [0.25, 0.3) is 0 Å². The summed E-state index contributed by atoms with van der Waals surface area (Å²) in [7, 11) is 0. The maximum Gasteiger partial charge on any atom is 0.0346 e. The summed E-state index contributed by atoms with van der Waals surface area (Å²) in [4.78, 5) is 0. The van der Waals surface area contributed by atoms with E-state index in [0.29, 0.717) is 6.04 Å². The van der Waals surface area contributed by atoms with Crippen LogP contribution in [0.2, 0.25) is 0 Å². The van der Waals surface area contributed by atoms with E-state index in [4.69, 9.17) is 0 Å². The van der Waals surface area contributed by atoms with Gasteiger partial charge in [-0.15, -0.1) is 0 Å². The number of hydrogen-bond acceptors (Lipinski definition) is 1. The fourth-order valence-electron chi connectivity index (χ4n) is 3.52. The Balaban J connectivity index is 1.99. The Morgan fingerprint density at radius 2 is 1.84 bits per heavy atom. The highest BCUT2D eigenvalue weighted by atomic mass is 14.9. The molecule has 0 spiro atoms. The minimum atomic E-state index is 0.529. The molecule has 1 nitrogen and oxygen atoms in total. The molecule has 0 bridgehead atoms. The van der Waals surface area contributed by atoms with Crippen molar-refractivity contribution in [2.75, 3.05) is 6.54 Å². The highest BCUT2D eigenvalue weighted by Gasteiger charge is 2.23. The van der Waals surface area contributed by atoms with Crippen LogP contribution in [0.4, 0.5) is 0 Å². The van der Waals surface area contributed by atoms with Crippen LogP contribution in [0.3, 0.4) is 0 Å².